The van der Waals surface area contributed by atoms with Crippen molar-refractivity contribution in [3.05, 3.63) is 40.2 Å². The van der Waals surface area contributed by atoms with Crippen LogP contribution in [0.1, 0.15) is 15.4 Å². The van der Waals surface area contributed by atoms with Crippen LogP contribution in [0.5, 0.6) is 0 Å². The van der Waals surface area contributed by atoms with Gasteiger partial charge in [-0.3, -0.25) is 4.79 Å². The van der Waals surface area contributed by atoms with E-state index in [1.807, 2.05) is 0 Å². The maximum atomic E-state index is 12.4. The molecular formula is C11H7F3N2OS. The molecule has 1 aromatic carbocycles. The summed E-state index contributed by atoms with van der Waals surface area (Å²) in [6.45, 7) is 0. The summed E-state index contributed by atoms with van der Waals surface area (Å²) in [5.74, 6) is -0.654. The molecule has 3 nitrogen and oxygen atoms in total. The van der Waals surface area contributed by atoms with Crippen molar-refractivity contribution in [2.75, 3.05) is 0 Å². The first-order chi connectivity index (χ1) is 8.38. The molecule has 2 N–H and O–H groups in total. The van der Waals surface area contributed by atoms with Crippen molar-refractivity contribution >= 4 is 17.2 Å². The predicted octanol–water partition coefficient (Wildman–Crippen LogP) is 2.93. The van der Waals surface area contributed by atoms with Crippen LogP contribution < -0.4 is 5.73 Å². The lowest BCUT2D eigenvalue weighted by atomic mass is 10.1. The highest BCUT2D eigenvalue weighted by atomic mass is 32.1. The number of carbonyl (C=O) groups is 1. The van der Waals surface area contributed by atoms with E-state index >= 15 is 0 Å². The van der Waals surface area contributed by atoms with E-state index < -0.39 is 17.6 Å². The molecule has 2 aromatic rings. The maximum Gasteiger partial charge on any atom is 0.416 e. The lowest BCUT2D eigenvalue weighted by molar-refractivity contribution is -0.137. The predicted molar refractivity (Wildman–Crippen MR) is 61.1 cm³/mol. The summed E-state index contributed by atoms with van der Waals surface area (Å²) in [7, 11) is 0. The van der Waals surface area contributed by atoms with Gasteiger partial charge in [0.05, 0.1) is 11.3 Å². The number of carbonyl (C=O) groups excluding carboxylic acids is 1. The van der Waals surface area contributed by atoms with Gasteiger partial charge in [0.15, 0.2) is 5.01 Å². The van der Waals surface area contributed by atoms with Gasteiger partial charge in [-0.25, -0.2) is 4.98 Å². The van der Waals surface area contributed by atoms with Gasteiger partial charge in [-0.15, -0.1) is 11.3 Å². The zero-order valence-electron chi connectivity index (χ0n) is 8.86. The van der Waals surface area contributed by atoms with Gasteiger partial charge in [-0.2, -0.15) is 13.2 Å². The van der Waals surface area contributed by atoms with Gasteiger partial charge in [0.2, 0.25) is 0 Å². The number of rotatable bonds is 2. The van der Waals surface area contributed by atoms with Gasteiger partial charge in [0, 0.05) is 10.9 Å². The molecule has 94 valence electrons. The SMILES string of the molecule is NC(=O)c1nc(-c2ccc(C(F)(F)F)cc2)cs1. The largest absolute Gasteiger partial charge is 0.416 e. The normalized spacial score (nSPS) is 11.5. The van der Waals surface area contributed by atoms with Gasteiger partial charge in [0.1, 0.15) is 0 Å². The summed E-state index contributed by atoms with van der Waals surface area (Å²) < 4.78 is 37.1. The van der Waals surface area contributed by atoms with Crippen molar-refractivity contribution < 1.29 is 18.0 Å². The molecular weight excluding hydrogens is 265 g/mol. The Morgan fingerprint density at radius 1 is 1.22 bits per heavy atom. The van der Waals surface area contributed by atoms with Gasteiger partial charge in [0.25, 0.3) is 5.91 Å². The third-order valence-electron chi connectivity index (χ3n) is 2.22. The van der Waals surface area contributed by atoms with Crippen LogP contribution >= 0.6 is 11.3 Å². The number of alkyl halides is 3. The number of thiazole rings is 1. The Bertz CT molecular complexity index is 575. The third-order valence-corrected chi connectivity index (χ3v) is 3.08. The molecule has 0 atom stereocenters. The molecule has 0 bridgehead atoms. The quantitative estimate of drug-likeness (QED) is 0.913. The summed E-state index contributed by atoms with van der Waals surface area (Å²) in [6.07, 6.45) is -4.36. The van der Waals surface area contributed by atoms with Crippen LogP contribution in [0.4, 0.5) is 13.2 Å². The van der Waals surface area contributed by atoms with E-state index in [2.05, 4.69) is 4.98 Å². The second kappa shape index (κ2) is 4.41. The Morgan fingerprint density at radius 2 is 1.83 bits per heavy atom. The molecule has 18 heavy (non-hydrogen) atoms. The van der Waals surface area contributed by atoms with Crippen LogP contribution in [0, 0.1) is 0 Å². The van der Waals surface area contributed by atoms with Gasteiger partial charge >= 0.3 is 6.18 Å². The Balaban J connectivity index is 2.31. The Kier molecular flexibility index (Phi) is 3.08. The van der Waals surface area contributed by atoms with Crippen molar-refractivity contribution in [2.24, 2.45) is 5.73 Å². The highest BCUT2D eigenvalue weighted by Crippen LogP contribution is 2.31. The second-order valence-corrected chi connectivity index (χ2v) is 4.34. The Morgan fingerprint density at radius 3 is 2.28 bits per heavy atom. The number of benzene rings is 1. The van der Waals surface area contributed by atoms with Gasteiger partial charge in [-0.05, 0) is 12.1 Å². The number of hydrogen-bond donors (Lipinski definition) is 1. The summed E-state index contributed by atoms with van der Waals surface area (Å²) in [4.78, 5) is 14.8. The zero-order valence-corrected chi connectivity index (χ0v) is 9.68. The van der Waals surface area contributed by atoms with E-state index in [0.717, 1.165) is 23.5 Å². The fourth-order valence-corrected chi connectivity index (χ4v) is 2.03. The van der Waals surface area contributed by atoms with E-state index in [9.17, 15) is 18.0 Å². The van der Waals surface area contributed by atoms with Crippen molar-refractivity contribution in [2.45, 2.75) is 6.18 Å². The van der Waals surface area contributed by atoms with Crippen LogP contribution in [-0.4, -0.2) is 10.9 Å². The van der Waals surface area contributed by atoms with Crippen molar-refractivity contribution in [3.63, 3.8) is 0 Å². The lowest BCUT2D eigenvalue weighted by Crippen LogP contribution is -2.10. The monoisotopic (exact) mass is 272 g/mol. The van der Waals surface area contributed by atoms with E-state index in [1.54, 1.807) is 5.38 Å². The van der Waals surface area contributed by atoms with Gasteiger partial charge in [-0.1, -0.05) is 12.1 Å². The van der Waals surface area contributed by atoms with E-state index in [-0.39, 0.29) is 5.01 Å². The fraction of sp³-hybridized carbons (Fsp3) is 0.0909. The molecule has 2 rings (SSSR count). The Hall–Kier alpha value is -1.89. The lowest BCUT2D eigenvalue weighted by Gasteiger charge is -2.06. The number of aromatic nitrogens is 1. The minimum absolute atomic E-state index is 0.130. The maximum absolute atomic E-state index is 12.4. The van der Waals surface area contributed by atoms with Crippen LogP contribution in [0.25, 0.3) is 11.3 Å². The van der Waals surface area contributed by atoms with Crippen molar-refractivity contribution in [3.8, 4) is 11.3 Å². The average molecular weight is 272 g/mol. The molecule has 0 spiro atoms. The molecule has 0 aliphatic heterocycles. The summed E-state index contributed by atoms with van der Waals surface area (Å²) in [5.41, 5.74) is 5.26. The van der Waals surface area contributed by atoms with Crippen LogP contribution in [0.2, 0.25) is 0 Å². The number of hydrogen-bond acceptors (Lipinski definition) is 3. The molecule has 0 aliphatic carbocycles. The minimum Gasteiger partial charge on any atom is -0.364 e. The first-order valence-electron chi connectivity index (χ1n) is 4.81. The highest BCUT2D eigenvalue weighted by Gasteiger charge is 2.30. The summed E-state index contributed by atoms with van der Waals surface area (Å²) in [6, 6.07) is 4.56. The molecule has 1 aromatic heterocycles. The number of nitrogens with two attached hydrogens (primary N) is 1. The molecule has 7 heteroatoms. The standard InChI is InChI=1S/C11H7F3N2OS/c12-11(13,14)7-3-1-6(2-4-7)8-5-18-10(16-8)9(15)17/h1-5H,(H2,15,17). The first kappa shape index (κ1) is 12.6. The van der Waals surface area contributed by atoms with Gasteiger partial charge < -0.3 is 5.73 Å². The highest BCUT2D eigenvalue weighted by molar-refractivity contribution is 7.12. The average Bonchev–Trinajstić information content (AvgIpc) is 2.77. The minimum atomic E-state index is -4.36. The van der Waals surface area contributed by atoms with E-state index in [1.165, 1.54) is 12.1 Å². The van der Waals surface area contributed by atoms with Crippen LogP contribution in [0.15, 0.2) is 29.6 Å². The molecule has 0 aliphatic rings. The van der Waals surface area contributed by atoms with E-state index in [0.29, 0.717) is 11.3 Å². The van der Waals surface area contributed by atoms with Crippen molar-refractivity contribution in [1.29, 1.82) is 0 Å². The summed E-state index contributed by atoms with van der Waals surface area (Å²) >= 11 is 1.05. The number of nitrogens with zero attached hydrogens (tertiary/aromatic N) is 1. The topological polar surface area (TPSA) is 56.0 Å². The molecule has 0 saturated heterocycles. The Labute approximate surface area is 104 Å². The third kappa shape index (κ3) is 2.51. The number of halogens is 3. The molecule has 0 unspecified atom stereocenters. The fourth-order valence-electron chi connectivity index (χ4n) is 1.35. The smallest absolute Gasteiger partial charge is 0.364 e. The summed E-state index contributed by atoms with van der Waals surface area (Å²) in [5, 5.41) is 1.70. The van der Waals surface area contributed by atoms with Crippen molar-refractivity contribution in [1.82, 2.24) is 4.98 Å². The zero-order chi connectivity index (χ0) is 13.3. The van der Waals surface area contributed by atoms with Crippen LogP contribution in [-0.2, 0) is 6.18 Å². The molecule has 0 saturated carbocycles. The molecule has 0 radical (unpaired) electrons. The number of primary amides is 1. The van der Waals surface area contributed by atoms with E-state index in [4.69, 9.17) is 5.73 Å². The molecule has 0 fully saturated rings. The first-order valence-corrected chi connectivity index (χ1v) is 5.69. The number of amides is 1. The van der Waals surface area contributed by atoms with Crippen LogP contribution in [0.3, 0.4) is 0 Å². The molecule has 1 amide bonds. The molecule has 1 heterocycles. The second-order valence-electron chi connectivity index (χ2n) is 3.48.